The summed E-state index contributed by atoms with van der Waals surface area (Å²) < 4.78 is 5.42. The Kier molecular flexibility index (Phi) is 2.70. The van der Waals surface area contributed by atoms with Gasteiger partial charge in [-0.25, -0.2) is 0 Å². The summed E-state index contributed by atoms with van der Waals surface area (Å²) in [7, 11) is 0. The van der Waals surface area contributed by atoms with E-state index in [0.29, 0.717) is 6.04 Å². The minimum Gasteiger partial charge on any atom is -0.379 e. The average Bonchev–Trinajstić information content (AvgIpc) is 2.54. The van der Waals surface area contributed by atoms with Crippen molar-refractivity contribution in [2.45, 2.75) is 44.2 Å². The monoisotopic (exact) mass is 181 g/mol. The largest absolute Gasteiger partial charge is 0.379 e. The summed E-state index contributed by atoms with van der Waals surface area (Å²) in [6.07, 6.45) is 9.62. The van der Waals surface area contributed by atoms with Crippen molar-refractivity contribution in [1.82, 2.24) is 5.32 Å². The fourth-order valence-electron chi connectivity index (χ4n) is 2.16. The first-order valence-electron chi connectivity index (χ1n) is 5.31. The molecule has 0 aromatic heterocycles. The Hall–Kier alpha value is -0.340. The summed E-state index contributed by atoms with van der Waals surface area (Å²) in [5.74, 6) is 0. The predicted molar refractivity (Wildman–Crippen MR) is 53.8 cm³/mol. The van der Waals surface area contributed by atoms with E-state index >= 15 is 0 Å². The molecular weight excluding hydrogens is 162 g/mol. The minimum absolute atomic E-state index is 0.229. The molecule has 0 aromatic carbocycles. The highest BCUT2D eigenvalue weighted by molar-refractivity contribution is 5.01. The van der Waals surface area contributed by atoms with Gasteiger partial charge in [-0.15, -0.1) is 0 Å². The van der Waals surface area contributed by atoms with Crippen LogP contribution in [-0.4, -0.2) is 24.8 Å². The van der Waals surface area contributed by atoms with Crippen LogP contribution in [0, 0.1) is 0 Å². The van der Waals surface area contributed by atoms with E-state index in [2.05, 4.69) is 24.4 Å². The highest BCUT2D eigenvalue weighted by Gasteiger charge is 2.31. The maximum Gasteiger partial charge on any atom is 0.0646 e. The van der Waals surface area contributed by atoms with Gasteiger partial charge in [0.05, 0.1) is 6.61 Å². The second-order valence-corrected chi connectivity index (χ2v) is 4.47. The quantitative estimate of drug-likeness (QED) is 0.657. The second-order valence-electron chi connectivity index (χ2n) is 4.47. The Morgan fingerprint density at radius 3 is 3.08 bits per heavy atom. The Labute approximate surface area is 80.4 Å². The molecule has 1 saturated heterocycles. The molecule has 1 heterocycles. The van der Waals surface area contributed by atoms with Crippen LogP contribution < -0.4 is 5.32 Å². The van der Waals surface area contributed by atoms with Gasteiger partial charge < -0.3 is 10.1 Å². The Morgan fingerprint density at radius 2 is 2.46 bits per heavy atom. The van der Waals surface area contributed by atoms with E-state index in [0.717, 1.165) is 19.6 Å². The Bertz CT molecular complexity index is 194. The zero-order valence-corrected chi connectivity index (χ0v) is 8.38. The third-order valence-corrected chi connectivity index (χ3v) is 3.01. The summed E-state index contributed by atoms with van der Waals surface area (Å²) in [4.78, 5) is 0. The van der Waals surface area contributed by atoms with Gasteiger partial charge in [0.25, 0.3) is 0 Å². The summed E-state index contributed by atoms with van der Waals surface area (Å²) in [6.45, 7) is 4.06. The number of nitrogens with one attached hydrogen (secondary N) is 1. The van der Waals surface area contributed by atoms with Crippen molar-refractivity contribution in [1.29, 1.82) is 0 Å². The average molecular weight is 181 g/mol. The second kappa shape index (κ2) is 3.81. The molecule has 1 aliphatic heterocycles. The lowest BCUT2D eigenvalue weighted by molar-refractivity contribution is 0.168. The summed E-state index contributed by atoms with van der Waals surface area (Å²) in [5, 5.41) is 3.68. The van der Waals surface area contributed by atoms with Gasteiger partial charge in [-0.2, -0.15) is 0 Å². The molecule has 0 aromatic rings. The van der Waals surface area contributed by atoms with Crippen molar-refractivity contribution < 1.29 is 4.74 Å². The molecule has 2 heteroatoms. The van der Waals surface area contributed by atoms with Crippen molar-refractivity contribution >= 4 is 0 Å². The van der Waals surface area contributed by atoms with Crippen LogP contribution in [0.1, 0.15) is 32.6 Å². The number of ether oxygens (including phenoxy) is 1. The van der Waals surface area contributed by atoms with E-state index in [-0.39, 0.29) is 5.54 Å². The molecule has 0 radical (unpaired) electrons. The van der Waals surface area contributed by atoms with Gasteiger partial charge >= 0.3 is 0 Å². The minimum atomic E-state index is 0.229. The molecule has 2 rings (SSSR count). The van der Waals surface area contributed by atoms with Crippen molar-refractivity contribution in [2.75, 3.05) is 13.2 Å². The highest BCUT2D eigenvalue weighted by atomic mass is 16.5. The molecule has 13 heavy (non-hydrogen) atoms. The molecule has 2 unspecified atom stereocenters. The van der Waals surface area contributed by atoms with E-state index in [4.69, 9.17) is 4.74 Å². The van der Waals surface area contributed by atoms with Crippen molar-refractivity contribution in [2.24, 2.45) is 0 Å². The molecule has 2 aliphatic rings. The van der Waals surface area contributed by atoms with Crippen LogP contribution in [0.4, 0.5) is 0 Å². The van der Waals surface area contributed by atoms with E-state index in [1.807, 2.05) is 0 Å². The highest BCUT2D eigenvalue weighted by Crippen LogP contribution is 2.21. The first-order valence-corrected chi connectivity index (χ1v) is 5.31. The number of hydrogen-bond acceptors (Lipinski definition) is 2. The third kappa shape index (κ3) is 2.32. The van der Waals surface area contributed by atoms with Crippen LogP contribution in [0.3, 0.4) is 0 Å². The zero-order valence-electron chi connectivity index (χ0n) is 8.38. The molecule has 1 N–H and O–H groups in total. The summed E-state index contributed by atoms with van der Waals surface area (Å²) >= 11 is 0. The van der Waals surface area contributed by atoms with Gasteiger partial charge in [0.1, 0.15) is 0 Å². The maximum absolute atomic E-state index is 5.42. The van der Waals surface area contributed by atoms with Gasteiger partial charge in [-0.1, -0.05) is 12.2 Å². The van der Waals surface area contributed by atoms with Gasteiger partial charge in [-0.3, -0.25) is 0 Å². The number of hydrogen-bond donors (Lipinski definition) is 1. The van der Waals surface area contributed by atoms with Gasteiger partial charge in [0.2, 0.25) is 0 Å². The van der Waals surface area contributed by atoms with E-state index in [1.54, 1.807) is 0 Å². The van der Waals surface area contributed by atoms with Crippen molar-refractivity contribution in [3.63, 3.8) is 0 Å². The summed E-state index contributed by atoms with van der Waals surface area (Å²) in [6, 6.07) is 0.584. The molecule has 0 bridgehead atoms. The van der Waals surface area contributed by atoms with Gasteiger partial charge in [0.15, 0.2) is 0 Å². The Balaban J connectivity index is 1.88. The van der Waals surface area contributed by atoms with E-state index in [1.165, 1.54) is 19.3 Å². The van der Waals surface area contributed by atoms with Crippen molar-refractivity contribution in [3.05, 3.63) is 12.2 Å². The van der Waals surface area contributed by atoms with Crippen LogP contribution in [0.25, 0.3) is 0 Å². The lowest BCUT2D eigenvalue weighted by Crippen LogP contribution is -2.48. The molecule has 2 atom stereocenters. The van der Waals surface area contributed by atoms with Crippen LogP contribution in [0.15, 0.2) is 12.2 Å². The molecule has 0 spiro atoms. The Morgan fingerprint density at radius 1 is 1.54 bits per heavy atom. The summed E-state index contributed by atoms with van der Waals surface area (Å²) in [5.41, 5.74) is 0.229. The SMILES string of the molecule is CC1(NC2C=CCCC2)CCOC1. The zero-order chi connectivity index (χ0) is 9.15. The first kappa shape index (κ1) is 9.22. The maximum atomic E-state index is 5.42. The van der Waals surface area contributed by atoms with Crippen LogP contribution in [-0.2, 0) is 4.74 Å². The molecule has 1 aliphatic carbocycles. The number of rotatable bonds is 2. The predicted octanol–water partition coefficient (Wildman–Crippen LogP) is 1.86. The topological polar surface area (TPSA) is 21.3 Å². The molecule has 74 valence electrons. The normalized spacial score (nSPS) is 39.6. The van der Waals surface area contributed by atoms with Crippen molar-refractivity contribution in [3.8, 4) is 0 Å². The van der Waals surface area contributed by atoms with Crippen LogP contribution >= 0.6 is 0 Å². The van der Waals surface area contributed by atoms with E-state index < -0.39 is 0 Å². The standard InChI is InChI=1S/C11H19NO/c1-11(7-8-13-9-11)12-10-5-3-2-4-6-10/h3,5,10,12H,2,4,6-9H2,1H3. The fourth-order valence-corrected chi connectivity index (χ4v) is 2.16. The molecule has 0 saturated carbocycles. The molecule has 1 fully saturated rings. The molecule has 2 nitrogen and oxygen atoms in total. The van der Waals surface area contributed by atoms with E-state index in [9.17, 15) is 0 Å². The third-order valence-electron chi connectivity index (χ3n) is 3.01. The fraction of sp³-hybridized carbons (Fsp3) is 0.818. The lowest BCUT2D eigenvalue weighted by atomic mass is 9.96. The molecular formula is C11H19NO. The van der Waals surface area contributed by atoms with Gasteiger partial charge in [-0.05, 0) is 32.6 Å². The lowest BCUT2D eigenvalue weighted by Gasteiger charge is -2.30. The first-order chi connectivity index (χ1) is 6.29. The smallest absolute Gasteiger partial charge is 0.0646 e. The molecule has 0 amide bonds. The van der Waals surface area contributed by atoms with Crippen LogP contribution in [0.2, 0.25) is 0 Å². The van der Waals surface area contributed by atoms with Gasteiger partial charge in [0, 0.05) is 18.2 Å². The van der Waals surface area contributed by atoms with Crippen LogP contribution in [0.5, 0.6) is 0 Å². The number of allylic oxidation sites excluding steroid dienone is 1.